The summed E-state index contributed by atoms with van der Waals surface area (Å²) in [5, 5.41) is 0. The fraction of sp³-hybridized carbons (Fsp3) is 0.600. The largest absolute Gasteiger partial charge is 0.0823 e. The van der Waals surface area contributed by atoms with E-state index in [-0.39, 0.29) is 0 Å². The molecule has 0 N–H and O–H groups in total. The quantitative estimate of drug-likeness (QED) is 0.333. The van der Waals surface area contributed by atoms with Crippen LogP contribution in [0.2, 0.25) is 0 Å². The highest BCUT2D eigenvalue weighted by molar-refractivity contribution is 14.1. The first kappa shape index (κ1) is 12.7. The average Bonchev–Trinajstić information content (AvgIpc) is 2.49. The molecule has 2 heteroatoms. The van der Waals surface area contributed by atoms with Gasteiger partial charge in [0.1, 0.15) is 0 Å². The summed E-state index contributed by atoms with van der Waals surface area (Å²) in [6.45, 7) is 4.94. The minimum absolute atomic E-state index is 0.399. The van der Waals surface area contributed by atoms with E-state index in [4.69, 9.17) is 0 Å². The topological polar surface area (TPSA) is 0 Å². The Morgan fingerprint density at radius 1 is 1.24 bits per heavy atom. The lowest BCUT2D eigenvalue weighted by molar-refractivity contribution is 0.320. The van der Waals surface area contributed by atoms with Crippen LogP contribution >= 0.6 is 45.2 Å². The maximum absolute atomic E-state index is 2.64. The van der Waals surface area contributed by atoms with E-state index in [2.05, 4.69) is 71.2 Å². The zero-order valence-corrected chi connectivity index (χ0v) is 14.7. The molecule has 0 fully saturated rings. The van der Waals surface area contributed by atoms with Gasteiger partial charge in [0, 0.05) is 3.92 Å². The first-order valence-corrected chi connectivity index (χ1v) is 8.76. The van der Waals surface area contributed by atoms with Crippen molar-refractivity contribution >= 4 is 45.2 Å². The molecule has 2 unspecified atom stereocenters. The van der Waals surface area contributed by atoms with E-state index in [9.17, 15) is 0 Å². The lowest BCUT2D eigenvalue weighted by Crippen LogP contribution is -2.24. The van der Waals surface area contributed by atoms with Crippen LogP contribution in [-0.4, -0.2) is 3.92 Å². The van der Waals surface area contributed by atoms with E-state index in [0.717, 1.165) is 9.84 Å². The van der Waals surface area contributed by atoms with Gasteiger partial charge in [-0.05, 0) is 74.3 Å². The third kappa shape index (κ3) is 1.97. The molecule has 0 aliphatic heterocycles. The number of hydrogen-bond donors (Lipinski definition) is 0. The van der Waals surface area contributed by atoms with Crippen molar-refractivity contribution in [2.45, 2.75) is 43.5 Å². The number of rotatable bonds is 0. The summed E-state index contributed by atoms with van der Waals surface area (Å²) in [6, 6.07) is 0. The van der Waals surface area contributed by atoms with Crippen molar-refractivity contribution in [2.24, 2.45) is 11.3 Å². The Hall–Kier alpha value is 0.680. The molecular formula is C15H18I2. The van der Waals surface area contributed by atoms with Gasteiger partial charge in [0.25, 0.3) is 0 Å². The lowest BCUT2D eigenvalue weighted by Gasteiger charge is -2.33. The van der Waals surface area contributed by atoms with Gasteiger partial charge in [-0.15, -0.1) is 0 Å². The highest BCUT2D eigenvalue weighted by Gasteiger charge is 2.46. The molecule has 0 aromatic rings. The minimum Gasteiger partial charge on any atom is -0.0823 e. The molecule has 0 saturated carbocycles. The van der Waals surface area contributed by atoms with Crippen molar-refractivity contribution in [3.63, 3.8) is 0 Å². The van der Waals surface area contributed by atoms with Crippen LogP contribution in [-0.2, 0) is 0 Å². The Morgan fingerprint density at radius 3 is 2.76 bits per heavy atom. The molecule has 0 aromatic carbocycles. The Kier molecular flexibility index (Phi) is 3.26. The fourth-order valence-corrected chi connectivity index (χ4v) is 5.08. The summed E-state index contributed by atoms with van der Waals surface area (Å²) in [5.41, 5.74) is 5.58. The van der Waals surface area contributed by atoms with Crippen molar-refractivity contribution in [1.82, 2.24) is 0 Å². The van der Waals surface area contributed by atoms with Gasteiger partial charge in [-0.25, -0.2) is 0 Å². The van der Waals surface area contributed by atoms with E-state index < -0.39 is 0 Å². The normalized spacial score (nSPS) is 35.1. The average molecular weight is 452 g/mol. The van der Waals surface area contributed by atoms with Gasteiger partial charge in [0.2, 0.25) is 0 Å². The van der Waals surface area contributed by atoms with Crippen molar-refractivity contribution in [1.29, 1.82) is 0 Å². The summed E-state index contributed by atoms with van der Waals surface area (Å²) in [5.74, 6) is 0.756. The number of fused-ring (bicyclic) bond motifs is 2. The van der Waals surface area contributed by atoms with Gasteiger partial charge in [-0.3, -0.25) is 0 Å². The predicted octanol–water partition coefficient (Wildman–Crippen LogP) is 5.58. The fourth-order valence-electron chi connectivity index (χ4n) is 3.70. The zero-order valence-electron chi connectivity index (χ0n) is 10.4. The third-order valence-electron chi connectivity index (χ3n) is 4.71. The molecule has 0 spiro atoms. The second-order valence-electron chi connectivity index (χ2n) is 6.01. The molecule has 0 radical (unpaired) electrons. The molecule has 0 aromatic heterocycles. The maximum Gasteiger partial charge on any atom is 0.0150 e. The molecule has 0 saturated heterocycles. The molecule has 0 heterocycles. The van der Waals surface area contributed by atoms with E-state index in [1.54, 1.807) is 16.7 Å². The Balaban J connectivity index is 2.08. The van der Waals surface area contributed by atoms with E-state index in [0.29, 0.717) is 5.41 Å². The van der Waals surface area contributed by atoms with Crippen LogP contribution in [0.3, 0.4) is 0 Å². The van der Waals surface area contributed by atoms with Gasteiger partial charge in [0.05, 0.1) is 0 Å². The summed E-state index contributed by atoms with van der Waals surface area (Å²) in [4.78, 5) is 0. The minimum atomic E-state index is 0.399. The van der Waals surface area contributed by atoms with Crippen molar-refractivity contribution < 1.29 is 0 Å². The first-order chi connectivity index (χ1) is 8.00. The predicted molar refractivity (Wildman–Crippen MR) is 90.8 cm³/mol. The second kappa shape index (κ2) is 4.36. The molecule has 0 bridgehead atoms. The van der Waals surface area contributed by atoms with Gasteiger partial charge in [-0.2, -0.15) is 0 Å². The van der Waals surface area contributed by atoms with E-state index >= 15 is 0 Å². The van der Waals surface area contributed by atoms with E-state index in [1.807, 2.05) is 0 Å². The first-order valence-electron chi connectivity index (χ1n) is 6.43. The molecule has 0 amide bonds. The second-order valence-corrected chi connectivity index (χ2v) is 9.16. The SMILES string of the molecule is CC1(C)C2=C(CCC(I)C2)C2=CC=C(I)CC21. The monoisotopic (exact) mass is 452 g/mol. The summed E-state index contributed by atoms with van der Waals surface area (Å²) in [7, 11) is 0. The highest BCUT2D eigenvalue weighted by Crippen LogP contribution is 2.58. The number of alkyl halides is 1. The molecular weight excluding hydrogens is 434 g/mol. The number of hydrogen-bond acceptors (Lipinski definition) is 0. The molecule has 0 nitrogen and oxygen atoms in total. The Bertz CT molecular complexity index is 452. The molecule has 92 valence electrons. The summed E-state index contributed by atoms with van der Waals surface area (Å²) < 4.78 is 2.38. The molecule has 3 rings (SSSR count). The van der Waals surface area contributed by atoms with Crippen LogP contribution in [0.15, 0.2) is 32.5 Å². The van der Waals surface area contributed by atoms with E-state index in [1.165, 1.54) is 29.3 Å². The number of allylic oxidation sites excluding steroid dienone is 6. The molecule has 2 atom stereocenters. The van der Waals surface area contributed by atoms with Crippen LogP contribution in [0.4, 0.5) is 0 Å². The van der Waals surface area contributed by atoms with Gasteiger partial charge in [-0.1, -0.05) is 54.2 Å². The molecule has 3 aliphatic rings. The van der Waals surface area contributed by atoms with Crippen LogP contribution < -0.4 is 0 Å². The number of halogens is 2. The van der Waals surface area contributed by atoms with Crippen molar-refractivity contribution in [2.75, 3.05) is 0 Å². The maximum atomic E-state index is 2.64. The lowest BCUT2D eigenvalue weighted by atomic mass is 9.72. The van der Waals surface area contributed by atoms with Crippen LogP contribution in [0, 0.1) is 11.3 Å². The Labute approximate surface area is 131 Å². The molecule has 17 heavy (non-hydrogen) atoms. The molecule has 3 aliphatic carbocycles. The zero-order chi connectivity index (χ0) is 12.2. The van der Waals surface area contributed by atoms with Crippen LogP contribution in [0.1, 0.15) is 39.5 Å². The smallest absolute Gasteiger partial charge is 0.0150 e. The summed E-state index contributed by atoms with van der Waals surface area (Å²) >= 11 is 5.14. The Morgan fingerprint density at radius 2 is 2.00 bits per heavy atom. The van der Waals surface area contributed by atoms with Gasteiger partial charge in [0.15, 0.2) is 0 Å². The summed E-state index contributed by atoms with van der Waals surface area (Å²) in [6.07, 6.45) is 10.0. The highest BCUT2D eigenvalue weighted by atomic mass is 127. The van der Waals surface area contributed by atoms with Crippen molar-refractivity contribution in [3.05, 3.63) is 32.5 Å². The van der Waals surface area contributed by atoms with Gasteiger partial charge >= 0.3 is 0 Å². The third-order valence-corrected chi connectivity index (χ3v) is 6.58. The standard InChI is InChI=1S/C15H18I2/c1-15(2)13-7-9(16)3-5-11(13)12-6-4-10(17)8-14(12)15/h3,5,10,13H,4,6-8H2,1-2H3. The van der Waals surface area contributed by atoms with Crippen molar-refractivity contribution in [3.8, 4) is 0 Å². The van der Waals surface area contributed by atoms with Gasteiger partial charge < -0.3 is 0 Å². The van der Waals surface area contributed by atoms with Crippen LogP contribution in [0.5, 0.6) is 0 Å². The van der Waals surface area contributed by atoms with Crippen LogP contribution in [0.25, 0.3) is 0 Å².